The van der Waals surface area contributed by atoms with E-state index in [1.54, 1.807) is 0 Å². The number of aromatic nitrogens is 8. The maximum absolute atomic E-state index is 13.7. The Labute approximate surface area is 244 Å². The second-order valence-corrected chi connectivity index (χ2v) is 12.6. The van der Waals surface area contributed by atoms with Crippen molar-refractivity contribution in [3.63, 3.8) is 0 Å². The van der Waals surface area contributed by atoms with Gasteiger partial charge in [0.25, 0.3) is 5.56 Å². The first-order valence-corrected chi connectivity index (χ1v) is 15.4. The van der Waals surface area contributed by atoms with E-state index in [-0.39, 0.29) is 28.4 Å². The van der Waals surface area contributed by atoms with Gasteiger partial charge in [0, 0.05) is 10.8 Å². The number of nitrogens with zero attached hydrogens (tertiary/aromatic N) is 7. The highest BCUT2D eigenvalue weighted by Crippen LogP contribution is 2.57. The molecule has 2 fully saturated rings. The average Bonchev–Trinajstić information content (AvgIpc) is 3.72. The summed E-state index contributed by atoms with van der Waals surface area (Å²) in [4.78, 5) is 46.5. The van der Waals surface area contributed by atoms with Gasteiger partial charge in [0.2, 0.25) is 5.95 Å². The summed E-state index contributed by atoms with van der Waals surface area (Å²) in [6, 6.07) is 1.50. The third-order valence-corrected chi connectivity index (χ3v) is 9.41. The minimum atomic E-state index is -5.00. The van der Waals surface area contributed by atoms with Gasteiger partial charge in [-0.25, -0.2) is 14.6 Å². The number of nitrogen functional groups attached to an aromatic ring is 2. The molecule has 10 N–H and O–H groups in total. The van der Waals surface area contributed by atoms with Crippen molar-refractivity contribution in [1.29, 1.82) is 0 Å². The predicted molar refractivity (Wildman–Crippen MR) is 143 cm³/mol. The van der Waals surface area contributed by atoms with Crippen LogP contribution in [0.1, 0.15) is 12.5 Å². The number of hydrogen-bond donors (Lipinski definition) is 8. The fourth-order valence-corrected chi connectivity index (χ4v) is 7.05. The van der Waals surface area contributed by atoms with Gasteiger partial charge >= 0.3 is 15.9 Å². The van der Waals surface area contributed by atoms with Crippen molar-refractivity contribution in [3.8, 4) is 0 Å². The monoisotopic (exact) mass is 659 g/mol. The lowest BCUT2D eigenvalue weighted by Gasteiger charge is -2.27. The molecule has 2 saturated heterocycles. The van der Waals surface area contributed by atoms with Crippen molar-refractivity contribution < 1.29 is 52.8 Å². The van der Waals surface area contributed by atoms with E-state index < -0.39 is 83.3 Å². The van der Waals surface area contributed by atoms with Crippen molar-refractivity contribution >= 4 is 49.8 Å². The molecule has 44 heavy (non-hydrogen) atoms. The molecule has 0 aromatic carbocycles. The van der Waals surface area contributed by atoms with Gasteiger partial charge in [0.05, 0.1) is 18.5 Å². The van der Waals surface area contributed by atoms with Crippen LogP contribution >= 0.6 is 15.9 Å². The number of H-pyrrole nitrogens is 1. The molecule has 2 aliphatic heterocycles. The highest BCUT2D eigenvalue weighted by Gasteiger charge is 2.56. The number of pyridine rings is 1. The van der Waals surface area contributed by atoms with E-state index in [2.05, 4.69) is 34.8 Å². The highest BCUT2D eigenvalue weighted by atomic mass is 31.2. The predicted octanol–water partition coefficient (Wildman–Crippen LogP) is -2.76. The lowest BCUT2D eigenvalue weighted by Crippen LogP contribution is -2.36. The summed E-state index contributed by atoms with van der Waals surface area (Å²) in [5.41, 5.74) is 9.09. The van der Waals surface area contributed by atoms with Crippen LogP contribution in [-0.2, 0) is 27.7 Å². The molecule has 2 aliphatic rings. The lowest BCUT2D eigenvalue weighted by atomic mass is 10.1. The Bertz CT molecular complexity index is 1830. The smallest absolute Gasteiger partial charge is 0.389 e. The van der Waals surface area contributed by atoms with Crippen LogP contribution in [0.4, 0.5) is 11.8 Å². The topological polar surface area (TPSA) is 331 Å². The molecule has 0 spiro atoms. The van der Waals surface area contributed by atoms with E-state index in [1.807, 2.05) is 0 Å². The summed E-state index contributed by atoms with van der Waals surface area (Å²) < 4.78 is 48.5. The second-order valence-electron chi connectivity index (χ2n) is 9.86. The Hall–Kier alpha value is -3.53. The number of nitrogens with two attached hydrogens (primary N) is 2. The largest absolute Gasteiger partial charge is 0.694 e. The normalized spacial score (nSPS) is 30.7. The second kappa shape index (κ2) is 11.4. The molecule has 4 aromatic heterocycles. The first kappa shape index (κ1) is 30.5. The standard InChI is InChI=1S/C20H24N10O12P2/c21-15-9-6(1-2-23-15)30(28-27-9)18-13(33)11(31)8(41-18)4-40-44(37,38)14-12(32)7(3-39-43(35)36)42-19(14)29-5-24-10-16(29)25-20(22)26-17(10)34/h1-2,5,7-8,11-14,18-19,31-33H,3-4H2,(H6-,21,22,23,25,26,28,34,35,36,37,38)/p+1/t7-,8-,11-,12-,13-,14-,18-,19-/m1/s1. The van der Waals surface area contributed by atoms with Gasteiger partial charge in [-0.3, -0.25) is 18.9 Å². The number of rotatable bonds is 9. The number of aliphatic hydroxyl groups is 3. The van der Waals surface area contributed by atoms with Crippen molar-refractivity contribution in [1.82, 2.24) is 39.5 Å². The molecular formula is C20H25N10O12P2+. The van der Waals surface area contributed by atoms with Crippen LogP contribution in [0.15, 0.2) is 23.4 Å². The minimum Gasteiger partial charge on any atom is -0.389 e. The Kier molecular flexibility index (Phi) is 7.93. The van der Waals surface area contributed by atoms with Crippen LogP contribution in [0.5, 0.6) is 0 Å². The molecular weight excluding hydrogens is 634 g/mol. The van der Waals surface area contributed by atoms with Gasteiger partial charge in [-0.2, -0.15) is 4.98 Å². The quantitative estimate of drug-likeness (QED) is 0.0843. The molecule has 0 aliphatic carbocycles. The van der Waals surface area contributed by atoms with Crippen LogP contribution in [0.25, 0.3) is 22.2 Å². The van der Waals surface area contributed by atoms with Crippen LogP contribution < -0.4 is 17.0 Å². The fraction of sp³-hybridized carbons (Fsp3) is 0.500. The maximum Gasteiger partial charge on any atom is 0.694 e. The molecule has 0 radical (unpaired) electrons. The molecule has 10 atom stereocenters. The van der Waals surface area contributed by atoms with Crippen LogP contribution in [0, 0.1) is 0 Å². The third kappa shape index (κ3) is 5.25. The zero-order valence-electron chi connectivity index (χ0n) is 22.0. The summed E-state index contributed by atoms with van der Waals surface area (Å²) in [5, 5.41) is 40.2. The minimum absolute atomic E-state index is 0.0671. The molecule has 4 aromatic rings. The number of ether oxygens (including phenoxy) is 2. The third-order valence-electron chi connectivity index (χ3n) is 7.21. The Balaban J connectivity index is 1.26. The van der Waals surface area contributed by atoms with E-state index in [0.717, 1.165) is 15.6 Å². The molecule has 0 bridgehead atoms. The first-order valence-electron chi connectivity index (χ1n) is 12.7. The molecule has 24 heteroatoms. The zero-order chi connectivity index (χ0) is 31.5. The Morgan fingerprint density at radius 1 is 1.07 bits per heavy atom. The molecule has 6 rings (SSSR count). The number of fused-ring (bicyclic) bond motifs is 2. The summed E-state index contributed by atoms with van der Waals surface area (Å²) in [6.45, 7) is -1.44. The maximum atomic E-state index is 13.7. The summed E-state index contributed by atoms with van der Waals surface area (Å²) in [5.74, 6) is -0.239. The van der Waals surface area contributed by atoms with Gasteiger partial charge in [0.1, 0.15) is 42.8 Å². The molecule has 22 nitrogen and oxygen atoms in total. The fourth-order valence-electron chi connectivity index (χ4n) is 5.13. The Morgan fingerprint density at radius 2 is 1.80 bits per heavy atom. The zero-order valence-corrected chi connectivity index (χ0v) is 23.8. The van der Waals surface area contributed by atoms with Crippen LogP contribution in [-0.4, -0.2) is 114 Å². The van der Waals surface area contributed by atoms with E-state index in [9.17, 15) is 34.1 Å². The Morgan fingerprint density at radius 3 is 2.55 bits per heavy atom. The van der Waals surface area contributed by atoms with Gasteiger partial charge < -0.3 is 45.7 Å². The molecule has 6 heterocycles. The summed E-state index contributed by atoms with van der Waals surface area (Å²) in [7, 11) is -8.11. The van der Waals surface area contributed by atoms with Crippen molar-refractivity contribution in [2.24, 2.45) is 0 Å². The number of anilines is 2. The molecule has 2 unspecified atom stereocenters. The average molecular weight is 659 g/mol. The molecule has 0 amide bonds. The van der Waals surface area contributed by atoms with Gasteiger partial charge in [-0.15, -0.1) is 14.5 Å². The van der Waals surface area contributed by atoms with Crippen molar-refractivity contribution in [2.45, 2.75) is 48.6 Å². The molecule has 236 valence electrons. The molecule has 0 saturated carbocycles. The van der Waals surface area contributed by atoms with Gasteiger partial charge in [-0.1, -0.05) is 5.21 Å². The number of hydrogen-bond acceptors (Lipinski definition) is 17. The van der Waals surface area contributed by atoms with Crippen molar-refractivity contribution in [3.05, 3.63) is 28.9 Å². The summed E-state index contributed by atoms with van der Waals surface area (Å²) >= 11 is 0. The summed E-state index contributed by atoms with van der Waals surface area (Å²) in [6.07, 6.45) is -8.30. The number of aliphatic hydroxyl groups excluding tert-OH is 3. The highest BCUT2D eigenvalue weighted by molar-refractivity contribution is 7.53. The first-order chi connectivity index (χ1) is 20.9. The van der Waals surface area contributed by atoms with Crippen LogP contribution in [0.3, 0.4) is 0 Å². The van der Waals surface area contributed by atoms with E-state index in [0.29, 0.717) is 5.52 Å². The van der Waals surface area contributed by atoms with E-state index in [1.165, 1.54) is 12.3 Å². The number of imidazole rings is 1. The lowest BCUT2D eigenvalue weighted by molar-refractivity contribution is -0.0555. The van der Waals surface area contributed by atoms with Gasteiger partial charge in [-0.05, 0) is 6.07 Å². The number of aromatic amines is 1. The number of nitrogens with one attached hydrogen (secondary N) is 1. The van der Waals surface area contributed by atoms with Gasteiger partial charge in [0.15, 0.2) is 35.0 Å². The van der Waals surface area contributed by atoms with Crippen molar-refractivity contribution in [2.75, 3.05) is 24.7 Å². The van der Waals surface area contributed by atoms with E-state index >= 15 is 0 Å². The SMILES string of the molecule is Nc1nc2c(ncn2[C@@H]2O[C@H](CO[P+](=O)O)[C@@H](O)[C@H]2P(=O)(O)OC[C@H]2O[C@@H](n3nnc4c(N)nccc43)[C@H](O)[C@@H]2O)c(=O)[nH]1. The van der Waals surface area contributed by atoms with E-state index in [4.69, 9.17) is 30.4 Å². The van der Waals surface area contributed by atoms with Crippen LogP contribution in [0.2, 0.25) is 0 Å².